The fourth-order valence-electron chi connectivity index (χ4n) is 11.3. The minimum Gasteiger partial charge on any atom is -0.456 e. The van der Waals surface area contributed by atoms with Crippen LogP contribution in [0.4, 0.5) is 5.69 Å². The molecule has 0 N–H and O–H groups in total. The van der Waals surface area contributed by atoms with Gasteiger partial charge in [0.15, 0.2) is 11.8 Å². The molecule has 3 aliphatic heterocycles. The van der Waals surface area contributed by atoms with Crippen LogP contribution in [0.3, 0.4) is 0 Å². The number of fused-ring (bicyclic) bond motifs is 14. The topological polar surface area (TPSA) is 22.6 Å². The maximum Gasteiger partial charge on any atom is 0.351 e. The van der Waals surface area contributed by atoms with E-state index in [9.17, 15) is 0 Å². The monoisotopic (exact) mass is 674 g/mol. The van der Waals surface area contributed by atoms with E-state index in [0.29, 0.717) is 12.1 Å². The van der Waals surface area contributed by atoms with Crippen LogP contribution in [0.15, 0.2) is 95.1 Å². The van der Waals surface area contributed by atoms with Crippen molar-refractivity contribution in [2.24, 2.45) is 0 Å². The van der Waals surface area contributed by atoms with Crippen molar-refractivity contribution in [3.63, 3.8) is 0 Å². The van der Waals surface area contributed by atoms with Crippen LogP contribution in [0.5, 0.6) is 0 Å². The second-order valence-corrected chi connectivity index (χ2v) is 17.2. The lowest BCUT2D eigenvalue weighted by Crippen LogP contribution is -2.69. The van der Waals surface area contributed by atoms with E-state index in [2.05, 4.69) is 134 Å². The molecule has 4 heterocycles. The van der Waals surface area contributed by atoms with Crippen molar-refractivity contribution < 1.29 is 8.99 Å². The highest BCUT2D eigenvalue weighted by atomic mass is 16.3. The number of rotatable bonds is 2. The van der Waals surface area contributed by atoms with Crippen molar-refractivity contribution in [3.8, 4) is 11.3 Å². The Hall–Kier alpha value is -4.31. The summed E-state index contributed by atoms with van der Waals surface area (Å²) in [7, 11) is 0. The number of hydrogen-bond donors (Lipinski definition) is 0. The van der Waals surface area contributed by atoms with E-state index in [1.54, 1.807) is 0 Å². The molecule has 0 saturated heterocycles. The number of nitrogens with zero attached hydrogens (tertiary/aromatic N) is 3. The van der Waals surface area contributed by atoms with Crippen LogP contribution in [0, 0.1) is 0 Å². The number of hydrogen-bond acceptors (Lipinski definition) is 3. The third-order valence-electron chi connectivity index (χ3n) is 13.2. The molecule has 2 fully saturated rings. The van der Waals surface area contributed by atoms with E-state index in [1.807, 2.05) is 0 Å². The fourth-order valence-corrected chi connectivity index (χ4v) is 11.3. The average Bonchev–Trinajstić information content (AvgIpc) is 3.66. The lowest BCUT2D eigenvalue weighted by atomic mass is 9.78. The van der Waals surface area contributed by atoms with Crippen LogP contribution in [-0.2, 0) is 11.2 Å². The minimum absolute atomic E-state index is 0.00450. The lowest BCUT2D eigenvalue weighted by Gasteiger charge is -2.54. The van der Waals surface area contributed by atoms with Gasteiger partial charge >= 0.3 is 5.79 Å². The minimum atomic E-state index is -0.547. The van der Waals surface area contributed by atoms with Gasteiger partial charge in [-0.1, -0.05) is 107 Å². The molecular weight excluding hydrogens is 623 g/mol. The molecule has 2 unspecified atom stereocenters. The molecule has 4 heteroatoms. The van der Waals surface area contributed by atoms with E-state index in [-0.39, 0.29) is 11.5 Å². The Labute approximate surface area is 303 Å². The van der Waals surface area contributed by atoms with Gasteiger partial charge in [-0.3, -0.25) is 9.80 Å². The van der Waals surface area contributed by atoms with Gasteiger partial charge in [0.1, 0.15) is 11.3 Å². The summed E-state index contributed by atoms with van der Waals surface area (Å²) in [6, 6.07) is 31.0. The van der Waals surface area contributed by atoms with Gasteiger partial charge in [-0.25, -0.2) is 0 Å². The van der Waals surface area contributed by atoms with Crippen LogP contribution in [0.25, 0.3) is 33.1 Å². The highest BCUT2D eigenvalue weighted by Gasteiger charge is 2.69. The van der Waals surface area contributed by atoms with Gasteiger partial charge in [0.05, 0.1) is 17.3 Å². The second-order valence-electron chi connectivity index (χ2n) is 17.2. The molecule has 1 aromatic heterocycles. The maximum atomic E-state index is 6.96. The molecule has 2 saturated carbocycles. The van der Waals surface area contributed by atoms with E-state index in [1.165, 1.54) is 125 Å². The Balaban J connectivity index is 1.43. The maximum absolute atomic E-state index is 6.96. The summed E-state index contributed by atoms with van der Waals surface area (Å²) in [5, 5.41) is 4.04. The number of anilines is 1. The third kappa shape index (κ3) is 4.28. The lowest BCUT2D eigenvalue weighted by molar-refractivity contribution is -0.679. The highest BCUT2D eigenvalue weighted by Crippen LogP contribution is 2.65. The van der Waals surface area contributed by atoms with Crippen LogP contribution >= 0.6 is 0 Å². The van der Waals surface area contributed by atoms with E-state index in [4.69, 9.17) is 4.42 Å². The molecule has 5 aliphatic rings. The van der Waals surface area contributed by atoms with Gasteiger partial charge in [-0.15, -0.1) is 0 Å². The van der Waals surface area contributed by atoms with Gasteiger partial charge in [0.2, 0.25) is 0 Å². The molecule has 0 radical (unpaired) electrons. The van der Waals surface area contributed by atoms with E-state index >= 15 is 0 Å². The van der Waals surface area contributed by atoms with Crippen molar-refractivity contribution in [1.29, 1.82) is 0 Å². The fraction of sp³-hybridized carbons (Fsp3) is 0.426. The predicted molar refractivity (Wildman–Crippen MR) is 211 cm³/mol. The highest BCUT2D eigenvalue weighted by molar-refractivity contribution is 6.00. The zero-order chi connectivity index (χ0) is 34.6. The summed E-state index contributed by atoms with van der Waals surface area (Å²) in [5.41, 5.74) is 12.0. The van der Waals surface area contributed by atoms with Gasteiger partial charge in [0, 0.05) is 54.1 Å². The zero-order valence-electron chi connectivity index (χ0n) is 31.1. The molecule has 5 aromatic rings. The molecule has 10 rings (SSSR count). The summed E-state index contributed by atoms with van der Waals surface area (Å²) in [6.45, 7) is 12.0. The van der Waals surface area contributed by atoms with Crippen LogP contribution in [-0.4, -0.2) is 27.3 Å². The van der Waals surface area contributed by atoms with Crippen LogP contribution < -0.4 is 4.90 Å². The zero-order valence-corrected chi connectivity index (χ0v) is 31.1. The van der Waals surface area contributed by atoms with Crippen molar-refractivity contribution >= 4 is 33.1 Å². The first-order valence-electron chi connectivity index (χ1n) is 19.9. The van der Waals surface area contributed by atoms with Gasteiger partial charge in [-0.2, -0.15) is 4.58 Å². The molecular formula is C47H52N3O+. The van der Waals surface area contributed by atoms with Crippen LogP contribution in [0.1, 0.15) is 127 Å². The van der Waals surface area contributed by atoms with Crippen LogP contribution in [0.2, 0.25) is 0 Å². The van der Waals surface area contributed by atoms with Gasteiger partial charge < -0.3 is 4.42 Å². The molecule has 0 amide bonds. The Morgan fingerprint density at radius 2 is 1.37 bits per heavy atom. The summed E-state index contributed by atoms with van der Waals surface area (Å²) in [6.07, 6.45) is 15.3. The Morgan fingerprint density at radius 1 is 0.725 bits per heavy atom. The van der Waals surface area contributed by atoms with Crippen molar-refractivity contribution in [1.82, 2.24) is 4.90 Å². The Bertz CT molecular complexity index is 2270. The smallest absolute Gasteiger partial charge is 0.351 e. The number of allylic oxidation sites excluding steroid dienone is 2. The number of para-hydroxylation sites is 2. The number of benzene rings is 4. The predicted octanol–water partition coefficient (Wildman–Crippen LogP) is 11.9. The third-order valence-corrected chi connectivity index (χ3v) is 13.2. The second kappa shape index (κ2) is 11.3. The first kappa shape index (κ1) is 31.4. The standard InChI is InChI=1S/C47H52N3O/c1-30-28-31(2)49(33-20-10-7-11-21-33)47(48(30)32-18-8-6-9-19-32)43-35-23-13-12-22-34(35)39(46(3,4)5)29-38(43)44-42-37-25-15-17-27-41(37)51-45(42)36-24-14-16-26-40(36)50(44)47/h12-17,22-29,32-33,44H,6-11,18-21H2,1-5H3/q+1. The molecule has 1 spiro atoms. The average molecular weight is 675 g/mol. The quantitative estimate of drug-likeness (QED) is 0.174. The Kier molecular flexibility index (Phi) is 6.99. The molecule has 260 valence electrons. The largest absolute Gasteiger partial charge is 0.456 e. The van der Waals surface area contributed by atoms with E-state index < -0.39 is 5.79 Å². The Morgan fingerprint density at radius 3 is 2.12 bits per heavy atom. The summed E-state index contributed by atoms with van der Waals surface area (Å²) < 4.78 is 9.93. The van der Waals surface area contributed by atoms with Gasteiger partial charge in [0.25, 0.3) is 0 Å². The SMILES string of the molecule is CC1=CC(C)=[N+](C2CCCCC2)C2(c3c(cc(C(C)(C)C)c4ccccc34)C3c4c(oc5ccccc45)-c4ccccc4N32)N1C1CCCCC1. The summed E-state index contributed by atoms with van der Waals surface area (Å²) >= 11 is 0. The van der Waals surface area contributed by atoms with Crippen molar-refractivity contribution in [2.75, 3.05) is 4.90 Å². The number of furan rings is 1. The normalized spacial score (nSPS) is 23.9. The van der Waals surface area contributed by atoms with Gasteiger partial charge in [-0.05, 0) is 78.1 Å². The first-order valence-corrected chi connectivity index (χ1v) is 19.9. The van der Waals surface area contributed by atoms with Crippen molar-refractivity contribution in [3.05, 3.63) is 113 Å². The molecule has 4 nitrogen and oxygen atoms in total. The molecule has 0 bridgehead atoms. The summed E-state index contributed by atoms with van der Waals surface area (Å²) in [5.74, 6) is 0.494. The first-order chi connectivity index (χ1) is 24.8. The molecule has 2 aliphatic carbocycles. The molecule has 51 heavy (non-hydrogen) atoms. The van der Waals surface area contributed by atoms with Crippen molar-refractivity contribution in [2.45, 2.75) is 128 Å². The molecule has 4 aromatic carbocycles. The molecule has 2 atom stereocenters. The van der Waals surface area contributed by atoms with E-state index in [0.717, 1.165) is 11.3 Å². The summed E-state index contributed by atoms with van der Waals surface area (Å²) in [4.78, 5) is 5.90.